The van der Waals surface area contributed by atoms with Crippen molar-refractivity contribution in [1.29, 1.82) is 0 Å². The molecule has 90 valence electrons. The minimum Gasteiger partial charge on any atom is -0.356 e. The molecule has 0 unspecified atom stereocenters. The molecule has 3 heteroatoms. The molecule has 17 heavy (non-hydrogen) atoms. The van der Waals surface area contributed by atoms with Gasteiger partial charge in [-0.15, -0.1) is 0 Å². The molecule has 2 aliphatic heterocycles. The molecule has 3 rings (SSSR count). The van der Waals surface area contributed by atoms with Gasteiger partial charge in [0.1, 0.15) is 5.82 Å². The first kappa shape index (κ1) is 10.8. The van der Waals surface area contributed by atoms with Crippen LogP contribution >= 0.6 is 0 Å². The van der Waals surface area contributed by atoms with Gasteiger partial charge in [0.2, 0.25) is 0 Å². The van der Waals surface area contributed by atoms with E-state index >= 15 is 0 Å². The first-order chi connectivity index (χ1) is 8.34. The van der Waals surface area contributed by atoms with Gasteiger partial charge >= 0.3 is 0 Å². The number of hydrogen-bond acceptors (Lipinski definition) is 3. The fraction of sp³-hybridized carbons (Fsp3) is 0.571. The van der Waals surface area contributed by atoms with Crippen molar-refractivity contribution in [2.75, 3.05) is 24.5 Å². The number of pyridine rings is 1. The van der Waals surface area contributed by atoms with Crippen molar-refractivity contribution in [2.24, 2.45) is 4.99 Å². The fourth-order valence-electron chi connectivity index (χ4n) is 2.76. The average Bonchev–Trinajstić information content (AvgIpc) is 3.02. The largest absolute Gasteiger partial charge is 0.356 e. The van der Waals surface area contributed by atoms with Gasteiger partial charge in [0.25, 0.3) is 0 Å². The molecule has 1 aromatic heterocycles. The number of rotatable bonds is 2. The Bertz CT molecular complexity index is 445. The van der Waals surface area contributed by atoms with Crippen molar-refractivity contribution in [3.8, 4) is 0 Å². The first-order valence-electron chi connectivity index (χ1n) is 6.60. The van der Waals surface area contributed by atoms with Crippen molar-refractivity contribution >= 4 is 11.5 Å². The Balaban J connectivity index is 1.88. The molecule has 0 N–H and O–H groups in total. The maximum absolute atomic E-state index is 4.65. The van der Waals surface area contributed by atoms with Crippen LogP contribution in [0.2, 0.25) is 0 Å². The number of aryl methyl sites for hydroxylation is 1. The Morgan fingerprint density at radius 2 is 2.00 bits per heavy atom. The lowest BCUT2D eigenvalue weighted by Crippen LogP contribution is -2.20. The van der Waals surface area contributed by atoms with Crippen molar-refractivity contribution in [3.05, 3.63) is 23.4 Å². The van der Waals surface area contributed by atoms with E-state index in [4.69, 9.17) is 0 Å². The molecule has 0 radical (unpaired) electrons. The summed E-state index contributed by atoms with van der Waals surface area (Å²) in [6.07, 6.45) is 6.92. The third kappa shape index (κ3) is 2.06. The van der Waals surface area contributed by atoms with Gasteiger partial charge in [0, 0.05) is 37.1 Å². The molecule has 0 amide bonds. The van der Waals surface area contributed by atoms with Gasteiger partial charge in [-0.25, -0.2) is 4.98 Å². The van der Waals surface area contributed by atoms with Crippen LogP contribution in [0.5, 0.6) is 0 Å². The monoisotopic (exact) mass is 229 g/mol. The van der Waals surface area contributed by atoms with Gasteiger partial charge in [-0.05, 0) is 44.2 Å². The van der Waals surface area contributed by atoms with Crippen LogP contribution in [0.15, 0.2) is 17.3 Å². The third-order valence-corrected chi connectivity index (χ3v) is 3.66. The lowest BCUT2D eigenvalue weighted by Gasteiger charge is -2.19. The van der Waals surface area contributed by atoms with E-state index in [0.717, 1.165) is 26.1 Å². The molecule has 0 aromatic carbocycles. The lowest BCUT2D eigenvalue weighted by atomic mass is 10.1. The van der Waals surface area contributed by atoms with E-state index in [2.05, 4.69) is 27.9 Å². The van der Waals surface area contributed by atoms with Crippen LogP contribution in [-0.2, 0) is 0 Å². The zero-order valence-electron chi connectivity index (χ0n) is 10.4. The van der Waals surface area contributed by atoms with Crippen LogP contribution in [0.25, 0.3) is 0 Å². The molecule has 0 spiro atoms. The predicted molar refractivity (Wildman–Crippen MR) is 71.1 cm³/mol. The summed E-state index contributed by atoms with van der Waals surface area (Å²) in [7, 11) is 0. The smallest absolute Gasteiger partial charge is 0.131 e. The zero-order chi connectivity index (χ0) is 11.7. The second kappa shape index (κ2) is 4.47. The summed E-state index contributed by atoms with van der Waals surface area (Å²) in [5.74, 6) is 1.17. The van der Waals surface area contributed by atoms with E-state index < -0.39 is 0 Å². The number of nitrogens with zero attached hydrogens (tertiary/aromatic N) is 3. The van der Waals surface area contributed by atoms with Gasteiger partial charge in [-0.1, -0.05) is 0 Å². The molecule has 0 bridgehead atoms. The Morgan fingerprint density at radius 3 is 2.65 bits per heavy atom. The molecule has 3 heterocycles. The standard InChI is InChI=1S/C14H19N3/c1-11-9-12(13-5-4-6-15-13)10-16-14(11)17-7-2-3-8-17/h9-10H,2-8H2,1H3. The number of aromatic nitrogens is 1. The summed E-state index contributed by atoms with van der Waals surface area (Å²) in [5.41, 5.74) is 3.76. The molecule has 0 atom stereocenters. The van der Waals surface area contributed by atoms with Crippen LogP contribution in [0.3, 0.4) is 0 Å². The molecule has 1 fully saturated rings. The van der Waals surface area contributed by atoms with Crippen molar-refractivity contribution in [1.82, 2.24) is 4.98 Å². The number of anilines is 1. The molecule has 1 saturated heterocycles. The summed E-state index contributed by atoms with van der Waals surface area (Å²) in [4.78, 5) is 11.6. The highest BCUT2D eigenvalue weighted by molar-refractivity contribution is 6.01. The van der Waals surface area contributed by atoms with E-state index in [1.807, 2.05) is 6.20 Å². The Kier molecular flexibility index (Phi) is 2.83. The van der Waals surface area contributed by atoms with Crippen molar-refractivity contribution < 1.29 is 0 Å². The van der Waals surface area contributed by atoms with E-state index in [-0.39, 0.29) is 0 Å². The predicted octanol–water partition coefficient (Wildman–Crippen LogP) is 2.57. The van der Waals surface area contributed by atoms with E-state index in [1.165, 1.54) is 41.9 Å². The van der Waals surface area contributed by atoms with Gasteiger partial charge in [-0.3, -0.25) is 4.99 Å². The van der Waals surface area contributed by atoms with Crippen LogP contribution in [0, 0.1) is 6.92 Å². The number of aliphatic imine (C=N–C) groups is 1. The molecule has 1 aromatic rings. The van der Waals surface area contributed by atoms with E-state index in [1.54, 1.807) is 0 Å². The lowest BCUT2D eigenvalue weighted by molar-refractivity contribution is 0.927. The van der Waals surface area contributed by atoms with Gasteiger partial charge in [0.05, 0.1) is 0 Å². The van der Waals surface area contributed by atoms with Crippen molar-refractivity contribution in [2.45, 2.75) is 32.6 Å². The average molecular weight is 229 g/mol. The van der Waals surface area contributed by atoms with Gasteiger partial charge in [0.15, 0.2) is 0 Å². The second-order valence-electron chi connectivity index (χ2n) is 4.99. The summed E-state index contributed by atoms with van der Waals surface area (Å²) in [6, 6.07) is 2.25. The minimum atomic E-state index is 0.988. The minimum absolute atomic E-state index is 0.988. The molecular formula is C14H19N3. The highest BCUT2D eigenvalue weighted by Crippen LogP contribution is 2.23. The summed E-state index contributed by atoms with van der Waals surface area (Å²) >= 11 is 0. The zero-order valence-corrected chi connectivity index (χ0v) is 10.4. The normalized spacial score (nSPS) is 19.8. The molecule has 2 aliphatic rings. The highest BCUT2D eigenvalue weighted by Gasteiger charge is 2.17. The maximum Gasteiger partial charge on any atom is 0.131 e. The first-order valence-corrected chi connectivity index (χ1v) is 6.60. The molecule has 0 saturated carbocycles. The third-order valence-electron chi connectivity index (χ3n) is 3.66. The SMILES string of the molecule is Cc1cc(C2=NCCC2)cnc1N1CCCC1. The number of hydrogen-bond donors (Lipinski definition) is 0. The van der Waals surface area contributed by atoms with Crippen LogP contribution in [-0.4, -0.2) is 30.3 Å². The highest BCUT2D eigenvalue weighted by atomic mass is 15.2. The van der Waals surface area contributed by atoms with Crippen molar-refractivity contribution in [3.63, 3.8) is 0 Å². The summed E-state index contributed by atoms with van der Waals surface area (Å²) < 4.78 is 0. The van der Waals surface area contributed by atoms with Gasteiger partial charge in [-0.2, -0.15) is 0 Å². The molecule has 3 nitrogen and oxygen atoms in total. The molecule has 0 aliphatic carbocycles. The summed E-state index contributed by atoms with van der Waals surface area (Å²) in [6.45, 7) is 5.48. The van der Waals surface area contributed by atoms with Crippen LogP contribution in [0.4, 0.5) is 5.82 Å². The Labute approximate surface area is 103 Å². The Morgan fingerprint density at radius 1 is 1.18 bits per heavy atom. The topological polar surface area (TPSA) is 28.5 Å². The van der Waals surface area contributed by atoms with Crippen LogP contribution in [0.1, 0.15) is 36.8 Å². The van der Waals surface area contributed by atoms with Crippen LogP contribution < -0.4 is 4.90 Å². The van der Waals surface area contributed by atoms with Gasteiger partial charge < -0.3 is 4.90 Å². The second-order valence-corrected chi connectivity index (χ2v) is 4.99. The Hall–Kier alpha value is -1.38. The van der Waals surface area contributed by atoms with E-state index in [0.29, 0.717) is 0 Å². The summed E-state index contributed by atoms with van der Waals surface area (Å²) in [5, 5.41) is 0. The maximum atomic E-state index is 4.65. The fourth-order valence-corrected chi connectivity index (χ4v) is 2.76. The van der Waals surface area contributed by atoms with E-state index in [9.17, 15) is 0 Å². The quantitative estimate of drug-likeness (QED) is 0.779. The molecular weight excluding hydrogens is 210 g/mol.